The zero-order valence-corrected chi connectivity index (χ0v) is 12.4. The van der Waals surface area contributed by atoms with Crippen LogP contribution in [0, 0.1) is 0 Å². The summed E-state index contributed by atoms with van der Waals surface area (Å²) in [4.78, 5) is 42.6. The van der Waals surface area contributed by atoms with Crippen molar-refractivity contribution in [1.82, 2.24) is 10.8 Å². The Morgan fingerprint density at radius 1 is 1.18 bits per heavy atom. The van der Waals surface area contributed by atoms with Crippen molar-refractivity contribution < 1.29 is 19.2 Å². The molecule has 1 fully saturated rings. The molecule has 1 aromatic rings. The number of hydroxylamine groups is 1. The highest BCUT2D eigenvalue weighted by molar-refractivity contribution is 6.37. The second-order valence-electron chi connectivity index (χ2n) is 4.48. The molecule has 116 valence electrons. The van der Waals surface area contributed by atoms with Gasteiger partial charge in [0.2, 0.25) is 0 Å². The van der Waals surface area contributed by atoms with Crippen LogP contribution < -0.4 is 15.7 Å². The number of carbonyl (C=O) groups is 3. The van der Waals surface area contributed by atoms with Crippen molar-refractivity contribution in [3.05, 3.63) is 41.6 Å². The average Bonchev–Trinajstić information content (AvgIpc) is 2.51. The normalized spacial score (nSPS) is 17.4. The first-order chi connectivity index (χ1) is 10.6. The Balaban J connectivity index is 2.43. The minimum atomic E-state index is -0.767. The summed E-state index contributed by atoms with van der Waals surface area (Å²) in [5.74, 6) is -1.41. The summed E-state index contributed by atoms with van der Waals surface area (Å²) in [6.07, 6.45) is 0.380. The Morgan fingerprint density at radius 2 is 1.86 bits per heavy atom. The highest BCUT2D eigenvalue weighted by Crippen LogP contribution is 2.21. The predicted octanol–water partition coefficient (Wildman–Crippen LogP) is 1.47. The molecule has 0 spiro atoms. The molecule has 0 bridgehead atoms. The number of urea groups is 1. The fraction of sp³-hybridized carbons (Fsp3) is 0.267. The van der Waals surface area contributed by atoms with Crippen LogP contribution in [-0.4, -0.2) is 24.5 Å². The second kappa shape index (κ2) is 6.86. The second-order valence-corrected chi connectivity index (χ2v) is 4.48. The van der Waals surface area contributed by atoms with Crippen LogP contribution in [0.3, 0.4) is 0 Å². The smallest absolute Gasteiger partial charge is 0.277 e. The van der Waals surface area contributed by atoms with E-state index in [9.17, 15) is 14.4 Å². The zero-order valence-electron chi connectivity index (χ0n) is 12.4. The summed E-state index contributed by atoms with van der Waals surface area (Å²) < 4.78 is 0. The number of nitrogens with zero attached hydrogens (tertiary/aromatic N) is 1. The molecule has 1 heterocycles. The van der Waals surface area contributed by atoms with Gasteiger partial charge in [0, 0.05) is 0 Å². The Bertz CT molecular complexity index is 625. The van der Waals surface area contributed by atoms with Gasteiger partial charge in [0.25, 0.3) is 11.8 Å². The van der Waals surface area contributed by atoms with Gasteiger partial charge in [0.1, 0.15) is 5.57 Å². The quantitative estimate of drug-likeness (QED) is 0.488. The molecule has 1 aliphatic heterocycles. The lowest BCUT2D eigenvalue weighted by Crippen LogP contribution is -2.55. The monoisotopic (exact) mass is 303 g/mol. The van der Waals surface area contributed by atoms with Gasteiger partial charge in [-0.1, -0.05) is 25.1 Å². The highest BCUT2D eigenvalue weighted by Gasteiger charge is 2.38. The molecule has 4 amide bonds. The molecular formula is C15H17N3O4. The summed E-state index contributed by atoms with van der Waals surface area (Å²) in [7, 11) is 0. The number of amides is 4. The van der Waals surface area contributed by atoms with Crippen molar-refractivity contribution >= 4 is 23.5 Å². The summed E-state index contributed by atoms with van der Waals surface area (Å²) >= 11 is 0. The van der Waals surface area contributed by atoms with Gasteiger partial charge < -0.3 is 0 Å². The number of hydrogen-bond donors (Lipinski definition) is 2. The summed E-state index contributed by atoms with van der Waals surface area (Å²) in [5, 5.41) is 2.17. The minimum Gasteiger partial charge on any atom is -0.277 e. The molecule has 0 saturated carbocycles. The molecule has 1 aromatic carbocycles. The number of hydrogen-bond acceptors (Lipinski definition) is 5. The van der Waals surface area contributed by atoms with Gasteiger partial charge in [-0.15, -0.1) is 0 Å². The van der Waals surface area contributed by atoms with E-state index in [1.807, 2.05) is 0 Å². The summed E-state index contributed by atoms with van der Waals surface area (Å²) in [6, 6.07) is 7.64. The number of anilines is 1. The van der Waals surface area contributed by atoms with Crippen LogP contribution in [0.5, 0.6) is 0 Å². The molecule has 1 aliphatic rings. The van der Waals surface area contributed by atoms with Crippen molar-refractivity contribution in [2.45, 2.75) is 20.3 Å². The van der Waals surface area contributed by atoms with Crippen LogP contribution in [0.2, 0.25) is 0 Å². The molecule has 0 unspecified atom stereocenters. The maximum Gasteiger partial charge on any atom is 0.335 e. The number of benzene rings is 1. The van der Waals surface area contributed by atoms with Crippen LogP contribution in [0.4, 0.5) is 10.5 Å². The maximum absolute atomic E-state index is 12.6. The van der Waals surface area contributed by atoms with E-state index >= 15 is 0 Å². The van der Waals surface area contributed by atoms with E-state index in [1.54, 1.807) is 44.2 Å². The van der Waals surface area contributed by atoms with Crippen molar-refractivity contribution in [2.24, 2.45) is 0 Å². The first kappa shape index (κ1) is 15.7. The Kier molecular flexibility index (Phi) is 4.90. The van der Waals surface area contributed by atoms with E-state index in [0.717, 1.165) is 4.90 Å². The Morgan fingerprint density at radius 3 is 2.45 bits per heavy atom. The Labute approximate surface area is 127 Å². The van der Waals surface area contributed by atoms with E-state index in [1.165, 1.54) is 0 Å². The number of rotatable bonds is 5. The Hall–Kier alpha value is -2.67. The van der Waals surface area contributed by atoms with Crippen LogP contribution in [-0.2, 0) is 14.4 Å². The first-order valence-corrected chi connectivity index (χ1v) is 6.95. The van der Waals surface area contributed by atoms with Crippen molar-refractivity contribution in [3.8, 4) is 0 Å². The van der Waals surface area contributed by atoms with Gasteiger partial charge in [-0.05, 0) is 25.5 Å². The fourth-order valence-corrected chi connectivity index (χ4v) is 2.05. The molecule has 22 heavy (non-hydrogen) atoms. The van der Waals surface area contributed by atoms with Gasteiger partial charge in [-0.3, -0.25) is 25.2 Å². The third-order valence-corrected chi connectivity index (χ3v) is 3.08. The van der Waals surface area contributed by atoms with Crippen LogP contribution in [0.15, 0.2) is 41.6 Å². The lowest BCUT2D eigenvalue weighted by molar-refractivity contribution is -0.123. The standard InChI is InChI=1S/C15H17N3O4/c1-3-11(17-22-4-2)12-13(19)16-15(21)18(14(12)20)10-8-6-5-7-9-10/h5-9,17H,3-4H2,1-2H3,(H,16,19,21). The van der Waals surface area contributed by atoms with Crippen LogP contribution >= 0.6 is 0 Å². The summed E-state index contributed by atoms with van der Waals surface area (Å²) in [6.45, 7) is 3.92. The number of nitrogens with one attached hydrogen (secondary N) is 2. The number of allylic oxidation sites excluding steroid dienone is 1. The van der Waals surface area contributed by atoms with E-state index in [0.29, 0.717) is 24.4 Å². The molecule has 7 nitrogen and oxygen atoms in total. The number of barbiturate groups is 1. The van der Waals surface area contributed by atoms with Crippen molar-refractivity contribution in [2.75, 3.05) is 11.5 Å². The van der Waals surface area contributed by atoms with E-state index < -0.39 is 17.8 Å². The van der Waals surface area contributed by atoms with Crippen molar-refractivity contribution in [1.29, 1.82) is 0 Å². The van der Waals surface area contributed by atoms with Gasteiger partial charge in [-0.2, -0.15) is 0 Å². The molecular weight excluding hydrogens is 286 g/mol. The average molecular weight is 303 g/mol. The lowest BCUT2D eigenvalue weighted by Gasteiger charge is -2.27. The highest BCUT2D eigenvalue weighted by atomic mass is 16.6. The minimum absolute atomic E-state index is 0.126. The summed E-state index contributed by atoms with van der Waals surface area (Å²) in [5.41, 5.74) is 3.19. The molecule has 0 aromatic heterocycles. The zero-order chi connectivity index (χ0) is 16.1. The van der Waals surface area contributed by atoms with Gasteiger partial charge in [-0.25, -0.2) is 9.69 Å². The maximum atomic E-state index is 12.6. The molecule has 1 saturated heterocycles. The molecule has 2 rings (SSSR count). The lowest BCUT2D eigenvalue weighted by atomic mass is 10.1. The van der Waals surface area contributed by atoms with Crippen molar-refractivity contribution in [3.63, 3.8) is 0 Å². The topological polar surface area (TPSA) is 87.7 Å². The molecule has 0 radical (unpaired) electrons. The van der Waals surface area contributed by atoms with E-state index in [4.69, 9.17) is 4.84 Å². The van der Waals surface area contributed by atoms with Crippen LogP contribution in [0.1, 0.15) is 20.3 Å². The van der Waals surface area contributed by atoms with Gasteiger partial charge >= 0.3 is 6.03 Å². The third kappa shape index (κ3) is 2.99. The van der Waals surface area contributed by atoms with Crippen LogP contribution in [0.25, 0.3) is 0 Å². The molecule has 2 N–H and O–H groups in total. The fourth-order valence-electron chi connectivity index (χ4n) is 2.05. The number of para-hydroxylation sites is 1. The third-order valence-electron chi connectivity index (χ3n) is 3.08. The number of carbonyl (C=O) groups excluding carboxylic acids is 3. The van der Waals surface area contributed by atoms with E-state index in [-0.39, 0.29) is 5.57 Å². The molecule has 0 atom stereocenters. The SMILES string of the molecule is CCONC(CC)=C1C(=O)NC(=O)N(c2ccccc2)C1=O. The number of imide groups is 2. The molecule has 0 aliphatic carbocycles. The van der Waals surface area contributed by atoms with E-state index in [2.05, 4.69) is 10.8 Å². The van der Waals surface area contributed by atoms with Gasteiger partial charge in [0.15, 0.2) is 0 Å². The van der Waals surface area contributed by atoms with Gasteiger partial charge in [0.05, 0.1) is 18.0 Å². The molecule has 7 heteroatoms. The first-order valence-electron chi connectivity index (χ1n) is 6.95. The largest absolute Gasteiger partial charge is 0.335 e. The predicted molar refractivity (Wildman–Crippen MR) is 79.5 cm³/mol.